The van der Waals surface area contributed by atoms with Crippen LogP contribution in [0, 0.1) is 0 Å². The topological polar surface area (TPSA) is 59.9 Å². The predicted molar refractivity (Wildman–Crippen MR) is 110 cm³/mol. The summed E-state index contributed by atoms with van der Waals surface area (Å²) in [5.74, 6) is 0.777. The molecule has 2 aromatic rings. The molecule has 0 saturated heterocycles. The number of carbonyl (C=O) groups is 1. The van der Waals surface area contributed by atoms with Gasteiger partial charge >= 0.3 is 0 Å². The van der Waals surface area contributed by atoms with Crippen molar-refractivity contribution in [1.29, 1.82) is 0 Å². The van der Waals surface area contributed by atoms with Crippen molar-refractivity contribution >= 4 is 44.0 Å². The number of benzene rings is 2. The minimum Gasteiger partial charge on any atom is -0.493 e. The van der Waals surface area contributed by atoms with Gasteiger partial charge in [-0.1, -0.05) is 44.5 Å². The minimum absolute atomic E-state index is 0.366. The third kappa shape index (κ3) is 5.71. The molecule has 0 aromatic heterocycles. The largest absolute Gasteiger partial charge is 0.493 e. The van der Waals surface area contributed by atoms with Gasteiger partial charge < -0.3 is 9.47 Å². The zero-order valence-corrected chi connectivity index (χ0v) is 17.3. The third-order valence-electron chi connectivity index (χ3n) is 3.18. The van der Waals surface area contributed by atoms with Crippen LogP contribution in [0.2, 0.25) is 0 Å². The van der Waals surface area contributed by atoms with Crippen molar-refractivity contribution in [2.75, 3.05) is 13.2 Å². The van der Waals surface area contributed by atoms with Gasteiger partial charge in [-0.3, -0.25) is 4.79 Å². The molecule has 0 heterocycles. The van der Waals surface area contributed by atoms with Crippen molar-refractivity contribution in [3.8, 4) is 11.5 Å². The van der Waals surface area contributed by atoms with E-state index in [4.69, 9.17) is 9.47 Å². The maximum atomic E-state index is 12.4. The zero-order valence-electron chi connectivity index (χ0n) is 14.2. The fourth-order valence-electron chi connectivity index (χ4n) is 2.08. The second kappa shape index (κ2) is 10.1. The molecule has 0 bridgehead atoms. The molecule has 26 heavy (non-hydrogen) atoms. The quantitative estimate of drug-likeness (QED) is 0.330. The summed E-state index contributed by atoms with van der Waals surface area (Å²) in [5.41, 5.74) is 3.64. The Morgan fingerprint density at radius 2 is 1.85 bits per heavy atom. The van der Waals surface area contributed by atoms with E-state index < -0.39 is 0 Å². The normalized spacial score (nSPS) is 10.6. The highest BCUT2D eigenvalue weighted by molar-refractivity contribution is 9.10. The predicted octanol–water partition coefficient (Wildman–Crippen LogP) is 4.94. The molecule has 7 heteroatoms. The molecule has 1 N–H and O–H groups in total. The van der Waals surface area contributed by atoms with Gasteiger partial charge in [-0.15, -0.1) is 0 Å². The number of hydrogen-bond donors (Lipinski definition) is 1. The van der Waals surface area contributed by atoms with Gasteiger partial charge in [0.15, 0.2) is 0 Å². The van der Waals surface area contributed by atoms with Crippen LogP contribution in [0.1, 0.15) is 22.8 Å². The molecule has 0 spiro atoms. The number of amides is 1. The first kappa shape index (κ1) is 20.2. The summed E-state index contributed by atoms with van der Waals surface area (Å²) in [6.45, 7) is 6.34. The summed E-state index contributed by atoms with van der Waals surface area (Å²) < 4.78 is 12.7. The van der Waals surface area contributed by atoms with Crippen molar-refractivity contribution in [3.05, 3.63) is 69.1 Å². The van der Waals surface area contributed by atoms with Gasteiger partial charge in [-0.2, -0.15) is 5.10 Å². The summed E-state index contributed by atoms with van der Waals surface area (Å²) in [6.07, 6.45) is 3.19. The highest BCUT2D eigenvalue weighted by atomic mass is 79.9. The highest BCUT2D eigenvalue weighted by Crippen LogP contribution is 2.24. The lowest BCUT2D eigenvalue weighted by atomic mass is 10.2. The van der Waals surface area contributed by atoms with Gasteiger partial charge in [0.25, 0.3) is 5.91 Å². The van der Waals surface area contributed by atoms with Crippen LogP contribution in [0.3, 0.4) is 0 Å². The molecule has 2 aromatic carbocycles. The van der Waals surface area contributed by atoms with Crippen LogP contribution in [0.15, 0.2) is 63.1 Å². The average Bonchev–Trinajstić information content (AvgIpc) is 2.62. The van der Waals surface area contributed by atoms with E-state index in [0.29, 0.717) is 30.3 Å². The maximum absolute atomic E-state index is 12.4. The van der Waals surface area contributed by atoms with E-state index in [2.05, 4.69) is 49.0 Å². The monoisotopic (exact) mass is 480 g/mol. The molecule has 2 rings (SSSR count). The highest BCUT2D eigenvalue weighted by Gasteiger charge is 2.12. The Kier molecular flexibility index (Phi) is 7.87. The number of hydrazone groups is 1. The fourth-order valence-corrected chi connectivity index (χ4v) is 2.82. The number of rotatable bonds is 8. The first-order chi connectivity index (χ1) is 12.5. The Labute approximate surface area is 169 Å². The van der Waals surface area contributed by atoms with Crippen molar-refractivity contribution in [1.82, 2.24) is 5.43 Å². The minimum atomic E-state index is -0.366. The second-order valence-electron chi connectivity index (χ2n) is 5.05. The van der Waals surface area contributed by atoms with Crippen molar-refractivity contribution in [2.45, 2.75) is 6.92 Å². The molecule has 0 atom stereocenters. The standard InChI is InChI=1S/C19H18Br2N2O3/c1-3-9-26-17-7-5-14(20)10-13(17)12-22-23-19(24)16-11-15(21)6-8-18(16)25-4-2/h3,5-8,10-12H,1,4,9H2,2H3,(H,23,24)/b22-12-. The van der Waals surface area contributed by atoms with Crippen LogP contribution in [-0.4, -0.2) is 25.3 Å². The lowest BCUT2D eigenvalue weighted by Crippen LogP contribution is -2.19. The molecule has 136 valence electrons. The smallest absolute Gasteiger partial charge is 0.275 e. The second-order valence-corrected chi connectivity index (χ2v) is 6.89. The van der Waals surface area contributed by atoms with E-state index in [1.54, 1.807) is 18.2 Å². The number of ether oxygens (including phenoxy) is 2. The van der Waals surface area contributed by atoms with Gasteiger partial charge in [-0.05, 0) is 43.3 Å². The van der Waals surface area contributed by atoms with E-state index in [0.717, 1.165) is 14.5 Å². The van der Waals surface area contributed by atoms with Gasteiger partial charge in [0.2, 0.25) is 0 Å². The SMILES string of the molecule is C=CCOc1ccc(Br)cc1/C=N\NC(=O)c1cc(Br)ccc1OCC. The van der Waals surface area contributed by atoms with Gasteiger partial charge in [0.1, 0.15) is 18.1 Å². The van der Waals surface area contributed by atoms with E-state index >= 15 is 0 Å². The van der Waals surface area contributed by atoms with Crippen LogP contribution < -0.4 is 14.9 Å². The van der Waals surface area contributed by atoms with Crippen LogP contribution in [-0.2, 0) is 0 Å². The Balaban J connectivity index is 2.16. The summed E-state index contributed by atoms with van der Waals surface area (Å²) in [5, 5.41) is 4.04. The molecule has 0 unspecified atom stereocenters. The molecule has 5 nitrogen and oxygen atoms in total. The Bertz CT molecular complexity index is 822. The maximum Gasteiger partial charge on any atom is 0.275 e. The van der Waals surface area contributed by atoms with Crippen molar-refractivity contribution < 1.29 is 14.3 Å². The molecule has 0 radical (unpaired) electrons. The molecular weight excluding hydrogens is 464 g/mol. The first-order valence-electron chi connectivity index (χ1n) is 7.84. The zero-order chi connectivity index (χ0) is 18.9. The molecule has 0 saturated carbocycles. The van der Waals surface area contributed by atoms with Gasteiger partial charge in [0.05, 0.1) is 18.4 Å². The van der Waals surface area contributed by atoms with Crippen LogP contribution in [0.25, 0.3) is 0 Å². The molecule has 0 aliphatic rings. The van der Waals surface area contributed by atoms with E-state index in [9.17, 15) is 4.79 Å². The van der Waals surface area contributed by atoms with E-state index in [1.165, 1.54) is 6.21 Å². The lowest BCUT2D eigenvalue weighted by Gasteiger charge is -2.09. The van der Waals surface area contributed by atoms with Crippen LogP contribution >= 0.6 is 31.9 Å². The molecular formula is C19H18Br2N2O3. The molecule has 1 amide bonds. The number of nitrogens with one attached hydrogen (secondary N) is 1. The molecule has 0 aliphatic heterocycles. The number of halogens is 2. The van der Waals surface area contributed by atoms with Crippen molar-refractivity contribution in [2.24, 2.45) is 5.10 Å². The summed E-state index contributed by atoms with van der Waals surface area (Å²) in [6, 6.07) is 10.8. The summed E-state index contributed by atoms with van der Waals surface area (Å²) in [7, 11) is 0. The first-order valence-corrected chi connectivity index (χ1v) is 9.42. The van der Waals surface area contributed by atoms with Gasteiger partial charge in [-0.25, -0.2) is 5.43 Å². The Hall–Kier alpha value is -2.12. The number of carbonyl (C=O) groups excluding carboxylic acids is 1. The van der Waals surface area contributed by atoms with Gasteiger partial charge in [0, 0.05) is 14.5 Å². The third-order valence-corrected chi connectivity index (χ3v) is 4.17. The average molecular weight is 482 g/mol. The Morgan fingerprint density at radius 1 is 1.15 bits per heavy atom. The summed E-state index contributed by atoms with van der Waals surface area (Å²) >= 11 is 6.77. The van der Waals surface area contributed by atoms with Crippen molar-refractivity contribution in [3.63, 3.8) is 0 Å². The van der Waals surface area contributed by atoms with E-state index in [1.807, 2.05) is 31.2 Å². The molecule has 0 fully saturated rings. The van der Waals surface area contributed by atoms with Crippen LogP contribution in [0.5, 0.6) is 11.5 Å². The lowest BCUT2D eigenvalue weighted by molar-refractivity contribution is 0.0951. The number of hydrogen-bond acceptors (Lipinski definition) is 4. The number of nitrogens with zero attached hydrogens (tertiary/aromatic N) is 1. The Morgan fingerprint density at radius 3 is 2.54 bits per heavy atom. The fraction of sp³-hybridized carbons (Fsp3) is 0.158. The van der Waals surface area contributed by atoms with E-state index in [-0.39, 0.29) is 5.91 Å². The van der Waals surface area contributed by atoms with Crippen LogP contribution in [0.4, 0.5) is 0 Å². The summed E-state index contributed by atoms with van der Waals surface area (Å²) in [4.78, 5) is 12.4. The molecule has 0 aliphatic carbocycles.